The van der Waals surface area contributed by atoms with Crippen molar-refractivity contribution in [1.82, 2.24) is 4.98 Å². The SMILES string of the molecule is CS(=O)(=O)c1ccc(S(=O)(=O)Nc2ccc3[nH]c(C(=O)O)c(-c4ccccc4)c3c2)cc1. The molecule has 4 rings (SSSR count). The van der Waals surface area contributed by atoms with Crippen molar-refractivity contribution in [2.75, 3.05) is 11.0 Å². The molecule has 0 saturated carbocycles. The van der Waals surface area contributed by atoms with Gasteiger partial charge < -0.3 is 10.1 Å². The summed E-state index contributed by atoms with van der Waals surface area (Å²) < 4.78 is 51.3. The van der Waals surface area contributed by atoms with Crippen LogP contribution in [0.25, 0.3) is 22.0 Å². The third-order valence-electron chi connectivity index (χ3n) is 4.89. The smallest absolute Gasteiger partial charge is 0.352 e. The predicted octanol–water partition coefficient (Wildman–Crippen LogP) is 3.74. The molecular weight excluding hydrogens is 452 g/mol. The number of fused-ring (bicyclic) bond motifs is 1. The molecule has 3 N–H and O–H groups in total. The maximum absolute atomic E-state index is 12.8. The summed E-state index contributed by atoms with van der Waals surface area (Å²) in [7, 11) is -7.45. The highest BCUT2D eigenvalue weighted by molar-refractivity contribution is 7.92. The van der Waals surface area contributed by atoms with E-state index in [1.165, 1.54) is 30.3 Å². The van der Waals surface area contributed by atoms with Crippen LogP contribution in [-0.2, 0) is 19.9 Å². The molecule has 8 nitrogen and oxygen atoms in total. The van der Waals surface area contributed by atoms with E-state index in [1.807, 2.05) is 6.07 Å². The number of H-pyrrole nitrogens is 1. The predicted molar refractivity (Wildman–Crippen MR) is 121 cm³/mol. The van der Waals surface area contributed by atoms with Crippen molar-refractivity contribution < 1.29 is 26.7 Å². The van der Waals surface area contributed by atoms with Gasteiger partial charge in [0.15, 0.2) is 9.84 Å². The fourth-order valence-corrected chi connectivity index (χ4v) is 5.08. The molecule has 0 bridgehead atoms. The third-order valence-corrected chi connectivity index (χ3v) is 7.41. The molecule has 32 heavy (non-hydrogen) atoms. The van der Waals surface area contributed by atoms with E-state index in [0.717, 1.165) is 6.26 Å². The van der Waals surface area contributed by atoms with E-state index in [4.69, 9.17) is 0 Å². The number of carbonyl (C=O) groups is 1. The molecule has 10 heteroatoms. The van der Waals surface area contributed by atoms with E-state index in [9.17, 15) is 26.7 Å². The van der Waals surface area contributed by atoms with Crippen LogP contribution in [0.1, 0.15) is 10.5 Å². The molecule has 0 unspecified atom stereocenters. The van der Waals surface area contributed by atoms with Crippen LogP contribution in [0.2, 0.25) is 0 Å². The first kappa shape index (κ1) is 21.6. The number of anilines is 1. The molecule has 3 aromatic carbocycles. The average molecular weight is 471 g/mol. The summed E-state index contributed by atoms with van der Waals surface area (Å²) in [5, 5.41) is 10.2. The van der Waals surface area contributed by atoms with Crippen LogP contribution in [0, 0.1) is 0 Å². The van der Waals surface area contributed by atoms with Crippen molar-refractivity contribution in [3.05, 3.63) is 78.5 Å². The molecular formula is C22H18N2O6S2. The lowest BCUT2D eigenvalue weighted by atomic mass is 10.0. The summed E-state index contributed by atoms with van der Waals surface area (Å²) in [6, 6.07) is 18.5. The van der Waals surface area contributed by atoms with Crippen molar-refractivity contribution in [2.45, 2.75) is 9.79 Å². The van der Waals surface area contributed by atoms with Crippen molar-refractivity contribution in [1.29, 1.82) is 0 Å². The summed E-state index contributed by atoms with van der Waals surface area (Å²) >= 11 is 0. The molecule has 164 valence electrons. The van der Waals surface area contributed by atoms with Crippen molar-refractivity contribution in [3.63, 3.8) is 0 Å². The number of carboxylic acids is 1. The second kappa shape index (κ2) is 7.81. The van der Waals surface area contributed by atoms with E-state index >= 15 is 0 Å². The van der Waals surface area contributed by atoms with Gasteiger partial charge in [-0.1, -0.05) is 30.3 Å². The molecule has 0 saturated heterocycles. The Balaban J connectivity index is 1.76. The Labute approximate surface area is 184 Å². The highest BCUT2D eigenvalue weighted by Gasteiger charge is 2.20. The molecule has 0 spiro atoms. The zero-order valence-corrected chi connectivity index (χ0v) is 18.4. The van der Waals surface area contributed by atoms with Gasteiger partial charge in [0.25, 0.3) is 10.0 Å². The number of carboxylic acid groups (broad SMARTS) is 1. The standard InChI is InChI=1S/C22H18N2O6S2/c1-31(27,28)16-8-10-17(11-9-16)32(29,30)24-15-7-12-19-18(13-15)20(21(23-19)22(25)26)14-5-3-2-4-6-14/h2-13,23-24H,1H3,(H,25,26). The van der Waals surface area contributed by atoms with E-state index < -0.39 is 25.8 Å². The Bertz CT molecular complexity index is 1540. The monoisotopic (exact) mass is 470 g/mol. The van der Waals surface area contributed by atoms with Crippen LogP contribution in [0.5, 0.6) is 0 Å². The first-order chi connectivity index (χ1) is 15.1. The summed E-state index contributed by atoms with van der Waals surface area (Å²) in [6.45, 7) is 0. The summed E-state index contributed by atoms with van der Waals surface area (Å²) in [4.78, 5) is 14.6. The van der Waals surface area contributed by atoms with Crippen molar-refractivity contribution >= 4 is 42.4 Å². The van der Waals surface area contributed by atoms with E-state index in [-0.39, 0.29) is 21.2 Å². The number of aromatic carboxylic acids is 1. The van der Waals surface area contributed by atoms with E-state index in [0.29, 0.717) is 22.0 Å². The Morgan fingerprint density at radius 2 is 1.50 bits per heavy atom. The normalized spacial score (nSPS) is 12.0. The van der Waals surface area contributed by atoms with Gasteiger partial charge in [0.1, 0.15) is 5.69 Å². The number of benzene rings is 3. The van der Waals surface area contributed by atoms with Gasteiger partial charge in [-0.25, -0.2) is 21.6 Å². The first-order valence-corrected chi connectivity index (χ1v) is 12.7. The molecule has 0 aliphatic carbocycles. The highest BCUT2D eigenvalue weighted by Crippen LogP contribution is 2.34. The van der Waals surface area contributed by atoms with Crippen LogP contribution in [-0.4, -0.2) is 39.2 Å². The van der Waals surface area contributed by atoms with Crippen LogP contribution in [0.4, 0.5) is 5.69 Å². The number of sulfone groups is 1. The van der Waals surface area contributed by atoms with Crippen molar-refractivity contribution in [2.24, 2.45) is 0 Å². The van der Waals surface area contributed by atoms with Gasteiger partial charge in [0.05, 0.1) is 9.79 Å². The minimum absolute atomic E-state index is 0.00238. The maximum atomic E-state index is 12.8. The van der Waals surface area contributed by atoms with Gasteiger partial charge in [-0.3, -0.25) is 4.72 Å². The Hall–Kier alpha value is -3.63. The van der Waals surface area contributed by atoms with E-state index in [1.54, 1.807) is 36.4 Å². The summed E-state index contributed by atoms with van der Waals surface area (Å²) in [5.74, 6) is -1.13. The molecule has 0 amide bonds. The molecule has 0 aliphatic rings. The number of nitrogens with one attached hydrogen (secondary N) is 2. The Morgan fingerprint density at radius 1 is 0.875 bits per heavy atom. The number of aromatic amines is 1. The molecule has 0 radical (unpaired) electrons. The zero-order chi connectivity index (χ0) is 23.1. The second-order valence-corrected chi connectivity index (χ2v) is 10.9. The van der Waals surface area contributed by atoms with Gasteiger partial charge in [-0.05, 0) is 48.0 Å². The fraction of sp³-hybridized carbons (Fsp3) is 0.0455. The summed E-state index contributed by atoms with van der Waals surface area (Å²) in [6.07, 6.45) is 1.04. The quantitative estimate of drug-likeness (QED) is 0.393. The number of aromatic nitrogens is 1. The summed E-state index contributed by atoms with van der Waals surface area (Å²) in [5.41, 5.74) is 1.90. The van der Waals surface area contributed by atoms with Gasteiger partial charge in [0, 0.05) is 28.4 Å². The molecule has 1 aromatic heterocycles. The molecule has 4 aromatic rings. The number of rotatable bonds is 6. The van der Waals surface area contributed by atoms with Crippen LogP contribution < -0.4 is 4.72 Å². The topological polar surface area (TPSA) is 133 Å². The number of hydrogen-bond donors (Lipinski definition) is 3. The average Bonchev–Trinajstić information content (AvgIpc) is 3.13. The van der Waals surface area contributed by atoms with E-state index in [2.05, 4.69) is 9.71 Å². The van der Waals surface area contributed by atoms with Gasteiger partial charge in [0.2, 0.25) is 0 Å². The van der Waals surface area contributed by atoms with Gasteiger partial charge in [-0.2, -0.15) is 0 Å². The zero-order valence-electron chi connectivity index (χ0n) is 16.7. The Morgan fingerprint density at radius 3 is 2.09 bits per heavy atom. The molecule has 1 heterocycles. The lowest BCUT2D eigenvalue weighted by Crippen LogP contribution is -2.13. The fourth-order valence-electron chi connectivity index (χ4n) is 3.40. The minimum Gasteiger partial charge on any atom is -0.477 e. The van der Waals surface area contributed by atoms with Crippen LogP contribution >= 0.6 is 0 Å². The van der Waals surface area contributed by atoms with Crippen LogP contribution in [0.3, 0.4) is 0 Å². The first-order valence-electron chi connectivity index (χ1n) is 9.34. The third kappa shape index (κ3) is 4.10. The lowest BCUT2D eigenvalue weighted by molar-refractivity contribution is 0.0692. The number of sulfonamides is 1. The largest absolute Gasteiger partial charge is 0.477 e. The molecule has 0 fully saturated rings. The second-order valence-electron chi connectivity index (χ2n) is 7.16. The molecule has 0 aliphatic heterocycles. The van der Waals surface area contributed by atoms with Crippen LogP contribution in [0.15, 0.2) is 82.6 Å². The van der Waals surface area contributed by atoms with Crippen molar-refractivity contribution in [3.8, 4) is 11.1 Å². The minimum atomic E-state index is -4.00. The van der Waals surface area contributed by atoms with Gasteiger partial charge >= 0.3 is 5.97 Å². The molecule has 0 atom stereocenters. The lowest BCUT2D eigenvalue weighted by Gasteiger charge is -2.09. The van der Waals surface area contributed by atoms with Gasteiger partial charge in [-0.15, -0.1) is 0 Å². The number of hydrogen-bond acceptors (Lipinski definition) is 5. The highest BCUT2D eigenvalue weighted by atomic mass is 32.2. The maximum Gasteiger partial charge on any atom is 0.352 e. The Kier molecular flexibility index (Phi) is 5.27.